The molecule has 8 nitrogen and oxygen atoms in total. The molecule has 184 valence electrons. The van der Waals surface area contributed by atoms with E-state index in [1.807, 2.05) is 45.9 Å². The average molecular weight is 456 g/mol. The summed E-state index contributed by atoms with van der Waals surface area (Å²) in [6, 6.07) is 5.94. The summed E-state index contributed by atoms with van der Waals surface area (Å²) in [5.41, 5.74) is 2.93. The van der Waals surface area contributed by atoms with E-state index in [1.54, 1.807) is 0 Å². The van der Waals surface area contributed by atoms with Crippen molar-refractivity contribution in [3.8, 4) is 0 Å². The van der Waals surface area contributed by atoms with Crippen molar-refractivity contribution in [2.24, 2.45) is 0 Å². The number of likely N-dealkylation sites (N-methyl/N-ethyl adjacent to an activating group) is 1. The number of aliphatic hydroxyl groups excluding tert-OH is 3. The van der Waals surface area contributed by atoms with E-state index >= 15 is 0 Å². The lowest BCUT2D eigenvalue weighted by molar-refractivity contribution is -0.920. The van der Waals surface area contributed by atoms with E-state index in [2.05, 4.69) is 5.32 Å². The SMILES string of the molecule is CC[N+](CC)(CC(=O)Nc1c(C)cccc1C)CC(O)COCCCCOCC(O)CO. The van der Waals surface area contributed by atoms with Crippen molar-refractivity contribution in [1.29, 1.82) is 0 Å². The van der Waals surface area contributed by atoms with Gasteiger partial charge < -0.3 is 34.6 Å². The first kappa shape index (κ1) is 28.5. The van der Waals surface area contributed by atoms with Crippen LogP contribution in [0, 0.1) is 13.8 Å². The third-order valence-corrected chi connectivity index (χ3v) is 5.82. The minimum atomic E-state index is -0.834. The molecule has 1 rings (SSSR count). The summed E-state index contributed by atoms with van der Waals surface area (Å²) in [4.78, 5) is 12.8. The largest absolute Gasteiger partial charge is 0.394 e. The van der Waals surface area contributed by atoms with E-state index in [9.17, 15) is 15.0 Å². The molecule has 1 amide bonds. The Labute approximate surface area is 192 Å². The average Bonchev–Trinajstić information content (AvgIpc) is 2.77. The highest BCUT2D eigenvalue weighted by Crippen LogP contribution is 2.20. The van der Waals surface area contributed by atoms with Crippen molar-refractivity contribution in [2.75, 3.05) is 64.5 Å². The summed E-state index contributed by atoms with van der Waals surface area (Å²) in [5.74, 6) is -0.0504. The lowest BCUT2D eigenvalue weighted by Gasteiger charge is -2.37. The van der Waals surface area contributed by atoms with Crippen LogP contribution in [-0.2, 0) is 14.3 Å². The molecule has 0 spiro atoms. The summed E-state index contributed by atoms with van der Waals surface area (Å²) in [7, 11) is 0. The van der Waals surface area contributed by atoms with E-state index in [1.165, 1.54) is 0 Å². The maximum atomic E-state index is 12.8. The number of unbranched alkanes of at least 4 members (excludes halogenated alkanes) is 1. The molecular formula is C24H43N2O6+. The van der Waals surface area contributed by atoms with Crippen LogP contribution in [0.3, 0.4) is 0 Å². The lowest BCUT2D eigenvalue weighted by Crippen LogP contribution is -2.56. The molecule has 0 aliphatic carbocycles. The van der Waals surface area contributed by atoms with Crippen LogP contribution >= 0.6 is 0 Å². The number of rotatable bonds is 17. The van der Waals surface area contributed by atoms with Crippen LogP contribution in [0.2, 0.25) is 0 Å². The molecule has 0 bridgehead atoms. The predicted molar refractivity (Wildman–Crippen MR) is 126 cm³/mol. The lowest BCUT2D eigenvalue weighted by atomic mass is 10.1. The molecule has 0 saturated heterocycles. The second kappa shape index (κ2) is 15.3. The number of ether oxygens (including phenoxy) is 2. The van der Waals surface area contributed by atoms with Gasteiger partial charge in [0.2, 0.25) is 0 Å². The molecule has 4 N–H and O–H groups in total. The fraction of sp³-hybridized carbons (Fsp3) is 0.708. The summed E-state index contributed by atoms with van der Waals surface area (Å²) < 4.78 is 11.3. The first-order valence-electron chi connectivity index (χ1n) is 11.6. The second-order valence-electron chi connectivity index (χ2n) is 8.48. The van der Waals surface area contributed by atoms with Gasteiger partial charge in [-0.15, -0.1) is 0 Å². The number of amides is 1. The number of hydrogen-bond donors (Lipinski definition) is 4. The molecule has 0 radical (unpaired) electrons. The van der Waals surface area contributed by atoms with Crippen LogP contribution in [0.5, 0.6) is 0 Å². The minimum absolute atomic E-state index is 0.0504. The molecule has 2 unspecified atom stereocenters. The Morgan fingerprint density at radius 3 is 2.03 bits per heavy atom. The van der Waals surface area contributed by atoms with Crippen LogP contribution in [0.15, 0.2) is 18.2 Å². The Morgan fingerprint density at radius 1 is 1.00 bits per heavy atom. The molecular weight excluding hydrogens is 412 g/mol. The van der Waals surface area contributed by atoms with Gasteiger partial charge in [0.25, 0.3) is 5.91 Å². The molecule has 0 heterocycles. The fourth-order valence-corrected chi connectivity index (χ4v) is 3.66. The van der Waals surface area contributed by atoms with Crippen molar-refractivity contribution < 1.29 is 34.1 Å². The Morgan fingerprint density at radius 2 is 1.53 bits per heavy atom. The Hall–Kier alpha value is -1.55. The zero-order valence-electron chi connectivity index (χ0n) is 20.2. The number of carbonyl (C=O) groups excluding carboxylic acids is 1. The topological polar surface area (TPSA) is 108 Å². The van der Waals surface area contributed by atoms with Crippen molar-refractivity contribution in [2.45, 2.75) is 52.7 Å². The Balaban J connectivity index is 2.41. The molecule has 0 saturated carbocycles. The third-order valence-electron chi connectivity index (χ3n) is 5.82. The monoisotopic (exact) mass is 455 g/mol. The molecule has 1 aromatic carbocycles. The van der Waals surface area contributed by atoms with Crippen LogP contribution in [0.25, 0.3) is 0 Å². The number of aliphatic hydroxyl groups is 3. The number of hydrogen-bond acceptors (Lipinski definition) is 6. The molecule has 0 aliphatic rings. The number of carbonyl (C=O) groups is 1. The zero-order chi connectivity index (χ0) is 24.0. The minimum Gasteiger partial charge on any atom is -0.394 e. The zero-order valence-corrected chi connectivity index (χ0v) is 20.2. The molecule has 8 heteroatoms. The predicted octanol–water partition coefficient (Wildman–Crippen LogP) is 1.63. The van der Waals surface area contributed by atoms with Gasteiger partial charge in [-0.2, -0.15) is 0 Å². The van der Waals surface area contributed by atoms with E-state index in [0.717, 1.165) is 42.7 Å². The molecule has 0 aliphatic heterocycles. The molecule has 32 heavy (non-hydrogen) atoms. The van der Waals surface area contributed by atoms with Gasteiger partial charge in [-0.25, -0.2) is 0 Å². The number of nitrogens with one attached hydrogen (secondary N) is 1. The fourth-order valence-electron chi connectivity index (χ4n) is 3.66. The normalized spacial score (nSPS) is 13.7. The number of benzene rings is 1. The first-order valence-corrected chi connectivity index (χ1v) is 11.6. The highest BCUT2D eigenvalue weighted by Gasteiger charge is 2.30. The highest BCUT2D eigenvalue weighted by molar-refractivity contribution is 5.93. The highest BCUT2D eigenvalue weighted by atomic mass is 16.5. The van der Waals surface area contributed by atoms with Gasteiger partial charge in [0, 0.05) is 18.9 Å². The number of para-hydroxylation sites is 1. The van der Waals surface area contributed by atoms with Gasteiger partial charge in [0.1, 0.15) is 18.8 Å². The van der Waals surface area contributed by atoms with E-state index < -0.39 is 12.2 Å². The van der Waals surface area contributed by atoms with Crippen molar-refractivity contribution in [3.05, 3.63) is 29.3 Å². The van der Waals surface area contributed by atoms with Crippen LogP contribution in [0.1, 0.15) is 37.8 Å². The van der Waals surface area contributed by atoms with Gasteiger partial charge in [-0.3, -0.25) is 4.79 Å². The Kier molecular flexibility index (Phi) is 13.6. The van der Waals surface area contributed by atoms with Crippen LogP contribution in [-0.4, -0.2) is 97.1 Å². The molecule has 0 aromatic heterocycles. The van der Waals surface area contributed by atoms with Gasteiger partial charge in [0.15, 0.2) is 6.54 Å². The maximum Gasteiger partial charge on any atom is 0.279 e. The van der Waals surface area contributed by atoms with Gasteiger partial charge in [-0.05, 0) is 51.7 Å². The van der Waals surface area contributed by atoms with Crippen LogP contribution < -0.4 is 5.32 Å². The number of anilines is 1. The van der Waals surface area contributed by atoms with Crippen molar-refractivity contribution in [1.82, 2.24) is 0 Å². The maximum absolute atomic E-state index is 12.8. The van der Waals surface area contributed by atoms with Crippen molar-refractivity contribution in [3.63, 3.8) is 0 Å². The van der Waals surface area contributed by atoms with Gasteiger partial charge >= 0.3 is 0 Å². The second-order valence-corrected chi connectivity index (χ2v) is 8.48. The number of aryl methyl sites for hydroxylation is 2. The van der Waals surface area contributed by atoms with E-state index in [0.29, 0.717) is 30.8 Å². The molecule has 1 aromatic rings. The standard InChI is InChI=1S/C24H42N2O6/c1-5-26(6-2,15-23(30)25-24-19(3)10-9-11-20(24)4)14-21(28)17-31-12-7-8-13-32-18-22(29)16-27/h9-11,21-22,27-29H,5-8,12-18H2,1-4H3/p+1. The van der Waals surface area contributed by atoms with E-state index in [4.69, 9.17) is 14.6 Å². The summed E-state index contributed by atoms with van der Waals surface area (Å²) >= 11 is 0. The summed E-state index contributed by atoms with van der Waals surface area (Å²) in [6.07, 6.45) is 0.0665. The molecule has 0 fully saturated rings. The first-order chi connectivity index (χ1) is 15.3. The third kappa shape index (κ3) is 10.4. The summed E-state index contributed by atoms with van der Waals surface area (Å²) in [5, 5.41) is 31.5. The number of quaternary nitrogens is 1. The molecule has 2 atom stereocenters. The Bertz CT molecular complexity index is 646. The summed E-state index contributed by atoms with van der Waals surface area (Å²) in [6.45, 7) is 11.3. The smallest absolute Gasteiger partial charge is 0.279 e. The van der Waals surface area contributed by atoms with Crippen LogP contribution in [0.4, 0.5) is 5.69 Å². The number of nitrogens with zero attached hydrogens (tertiary/aromatic N) is 1. The van der Waals surface area contributed by atoms with E-state index in [-0.39, 0.29) is 25.7 Å². The van der Waals surface area contributed by atoms with Gasteiger partial charge in [0.05, 0.1) is 32.9 Å². The quantitative estimate of drug-likeness (QED) is 0.210. The van der Waals surface area contributed by atoms with Gasteiger partial charge in [-0.1, -0.05) is 18.2 Å². The van der Waals surface area contributed by atoms with Crippen molar-refractivity contribution >= 4 is 11.6 Å².